The molecule has 174 valence electrons. The van der Waals surface area contributed by atoms with Crippen LogP contribution in [0.25, 0.3) is 22.3 Å². The van der Waals surface area contributed by atoms with Crippen LogP contribution in [0.15, 0.2) is 60.9 Å². The van der Waals surface area contributed by atoms with Crippen LogP contribution in [0.2, 0.25) is 0 Å². The lowest BCUT2D eigenvalue weighted by Gasteiger charge is -2.46. The first-order chi connectivity index (χ1) is 16.7. The summed E-state index contributed by atoms with van der Waals surface area (Å²) < 4.78 is 8.00. The maximum absolute atomic E-state index is 6.31. The van der Waals surface area contributed by atoms with Crippen molar-refractivity contribution in [2.24, 2.45) is 0 Å². The molecule has 34 heavy (non-hydrogen) atoms. The van der Waals surface area contributed by atoms with E-state index in [-0.39, 0.29) is 0 Å². The number of anilines is 1. The van der Waals surface area contributed by atoms with Crippen LogP contribution in [0, 0.1) is 0 Å². The lowest BCUT2D eigenvalue weighted by atomic mass is 9.98. The van der Waals surface area contributed by atoms with E-state index in [1.807, 2.05) is 54.6 Å². The predicted octanol–water partition coefficient (Wildman–Crippen LogP) is 3.82. The normalized spacial score (nSPS) is 18.3. The molecule has 6 rings (SSSR count). The molecule has 4 aromatic rings. The molecule has 8 heteroatoms. The molecule has 0 bridgehead atoms. The Morgan fingerprint density at radius 1 is 0.882 bits per heavy atom. The Bertz CT molecular complexity index is 1270. The van der Waals surface area contributed by atoms with E-state index in [1.165, 1.54) is 32.3 Å². The van der Waals surface area contributed by atoms with Gasteiger partial charge < -0.3 is 15.4 Å². The number of rotatable bonds is 5. The number of hydrogen-bond donors (Lipinski definition) is 1. The molecule has 0 aliphatic carbocycles. The monoisotopic (exact) mass is 455 g/mol. The number of nitrogens with zero attached hydrogens (tertiary/aromatic N) is 6. The second-order valence-corrected chi connectivity index (χ2v) is 9.33. The van der Waals surface area contributed by atoms with Gasteiger partial charge in [0.25, 0.3) is 0 Å². The summed E-state index contributed by atoms with van der Waals surface area (Å²) in [5, 5.41) is 5.82. The molecule has 2 aromatic heterocycles. The van der Waals surface area contributed by atoms with Crippen LogP contribution in [-0.2, 0) is 0 Å². The van der Waals surface area contributed by atoms with Crippen LogP contribution in [0.3, 0.4) is 0 Å². The quantitative estimate of drug-likeness (QED) is 0.490. The second kappa shape index (κ2) is 8.70. The average molecular weight is 456 g/mol. The van der Waals surface area contributed by atoms with Crippen molar-refractivity contribution in [2.75, 3.05) is 39.0 Å². The second-order valence-electron chi connectivity index (χ2n) is 9.33. The fourth-order valence-electron chi connectivity index (χ4n) is 5.06. The molecule has 0 spiro atoms. The van der Waals surface area contributed by atoms with E-state index in [0.717, 1.165) is 46.9 Å². The van der Waals surface area contributed by atoms with E-state index in [0.29, 0.717) is 17.9 Å². The molecule has 8 nitrogen and oxygen atoms in total. The van der Waals surface area contributed by atoms with Gasteiger partial charge in [0.05, 0.1) is 11.4 Å². The average Bonchev–Trinajstić information content (AvgIpc) is 3.21. The fraction of sp³-hybridized carbons (Fsp3) is 0.346. The Balaban J connectivity index is 1.25. The molecule has 2 aromatic carbocycles. The Kier molecular flexibility index (Phi) is 5.39. The number of likely N-dealkylation sites (tertiary alicyclic amines) is 2. The summed E-state index contributed by atoms with van der Waals surface area (Å²) in [6, 6.07) is 18.7. The van der Waals surface area contributed by atoms with Crippen LogP contribution in [0.5, 0.6) is 11.5 Å². The van der Waals surface area contributed by atoms with Crippen LogP contribution in [0.4, 0.5) is 5.82 Å². The first-order valence-corrected chi connectivity index (χ1v) is 11.9. The van der Waals surface area contributed by atoms with Crippen molar-refractivity contribution >= 4 is 16.9 Å². The number of benzene rings is 2. The maximum Gasteiger partial charge on any atom is 0.164 e. The zero-order valence-electron chi connectivity index (χ0n) is 19.3. The number of nitrogens with two attached hydrogens (primary N) is 1. The minimum atomic E-state index is 0.297. The largest absolute Gasteiger partial charge is 0.457 e. The Morgan fingerprint density at radius 2 is 1.59 bits per heavy atom. The van der Waals surface area contributed by atoms with Gasteiger partial charge in [0.15, 0.2) is 5.65 Å². The number of piperidine rings is 1. The highest BCUT2D eigenvalue weighted by molar-refractivity contribution is 5.98. The Morgan fingerprint density at radius 3 is 2.32 bits per heavy atom. The van der Waals surface area contributed by atoms with Crippen molar-refractivity contribution in [1.82, 2.24) is 29.5 Å². The predicted molar refractivity (Wildman–Crippen MR) is 133 cm³/mol. The molecule has 0 saturated carbocycles. The number of ether oxygens (including phenoxy) is 1. The minimum Gasteiger partial charge on any atom is -0.457 e. The summed E-state index contributed by atoms with van der Waals surface area (Å²) in [7, 11) is 2.21. The standard InChI is InChI=1S/C26H29N7O/c1-31-13-11-19(12-14-31)32-15-20(16-32)33-26-23(25(27)28-17-29-26)24(30-33)18-7-9-22(10-8-18)34-21-5-3-2-4-6-21/h2-10,17,19-20H,11-16H2,1H3,(H2,27,28,29). The van der Waals surface area contributed by atoms with Crippen LogP contribution in [-0.4, -0.2) is 68.8 Å². The van der Waals surface area contributed by atoms with E-state index in [1.54, 1.807) is 0 Å². The van der Waals surface area contributed by atoms with Gasteiger partial charge in [-0.25, -0.2) is 14.6 Å². The van der Waals surface area contributed by atoms with E-state index in [2.05, 4.69) is 31.5 Å². The molecule has 0 radical (unpaired) electrons. The molecule has 0 atom stereocenters. The highest BCUT2D eigenvalue weighted by Crippen LogP contribution is 2.36. The molecule has 2 saturated heterocycles. The van der Waals surface area contributed by atoms with Gasteiger partial charge in [-0.15, -0.1) is 0 Å². The number of para-hydroxylation sites is 1. The summed E-state index contributed by atoms with van der Waals surface area (Å²) in [4.78, 5) is 13.8. The summed E-state index contributed by atoms with van der Waals surface area (Å²) in [5.74, 6) is 2.04. The van der Waals surface area contributed by atoms with Gasteiger partial charge in [0.1, 0.15) is 29.3 Å². The van der Waals surface area contributed by atoms with Crippen LogP contribution < -0.4 is 10.5 Å². The van der Waals surface area contributed by atoms with Gasteiger partial charge in [-0.05, 0) is 69.4 Å². The van der Waals surface area contributed by atoms with Crippen molar-refractivity contribution in [3.63, 3.8) is 0 Å². The molecule has 2 aliphatic rings. The Labute approximate surface area is 199 Å². The summed E-state index contributed by atoms with van der Waals surface area (Å²) in [5.41, 5.74) is 8.90. The first-order valence-electron chi connectivity index (χ1n) is 11.9. The van der Waals surface area contributed by atoms with Gasteiger partial charge in [0.2, 0.25) is 0 Å². The van der Waals surface area contributed by atoms with E-state index >= 15 is 0 Å². The molecular formula is C26H29N7O. The van der Waals surface area contributed by atoms with E-state index in [4.69, 9.17) is 15.6 Å². The maximum atomic E-state index is 6.31. The molecule has 2 fully saturated rings. The van der Waals surface area contributed by atoms with Gasteiger partial charge in [-0.1, -0.05) is 18.2 Å². The SMILES string of the molecule is CN1CCC(N2CC(n3nc(-c4ccc(Oc5ccccc5)cc4)c4c(N)ncnc43)C2)CC1. The molecule has 2 N–H and O–H groups in total. The van der Waals surface area contributed by atoms with Crippen molar-refractivity contribution in [2.45, 2.75) is 24.9 Å². The fourth-order valence-corrected chi connectivity index (χ4v) is 5.06. The highest BCUT2D eigenvalue weighted by atomic mass is 16.5. The Hall–Kier alpha value is -3.49. The number of fused-ring (bicyclic) bond motifs is 1. The van der Waals surface area contributed by atoms with Crippen molar-refractivity contribution < 1.29 is 4.74 Å². The van der Waals surface area contributed by atoms with Crippen LogP contribution >= 0.6 is 0 Å². The van der Waals surface area contributed by atoms with Crippen molar-refractivity contribution in [3.8, 4) is 22.8 Å². The lowest BCUT2D eigenvalue weighted by Crippen LogP contribution is -2.55. The van der Waals surface area contributed by atoms with Gasteiger partial charge in [-0.2, -0.15) is 5.10 Å². The van der Waals surface area contributed by atoms with Gasteiger partial charge in [-0.3, -0.25) is 4.90 Å². The lowest BCUT2D eigenvalue weighted by molar-refractivity contribution is 0.0259. The number of hydrogen-bond acceptors (Lipinski definition) is 7. The van der Waals surface area contributed by atoms with Gasteiger partial charge >= 0.3 is 0 Å². The molecule has 0 amide bonds. The third-order valence-electron chi connectivity index (χ3n) is 7.07. The minimum absolute atomic E-state index is 0.297. The molecule has 4 heterocycles. The number of aromatic nitrogens is 4. The third kappa shape index (κ3) is 3.89. The number of nitrogen functional groups attached to an aromatic ring is 1. The molecular weight excluding hydrogens is 426 g/mol. The summed E-state index contributed by atoms with van der Waals surface area (Å²) in [6.45, 7) is 4.35. The summed E-state index contributed by atoms with van der Waals surface area (Å²) in [6.07, 6.45) is 4.01. The zero-order chi connectivity index (χ0) is 23.1. The first kappa shape index (κ1) is 21.1. The topological polar surface area (TPSA) is 85.3 Å². The zero-order valence-corrected chi connectivity index (χ0v) is 19.3. The van der Waals surface area contributed by atoms with Crippen molar-refractivity contribution in [3.05, 3.63) is 60.9 Å². The molecule has 0 unspecified atom stereocenters. The molecule has 2 aliphatic heterocycles. The van der Waals surface area contributed by atoms with Gasteiger partial charge in [0, 0.05) is 24.7 Å². The highest BCUT2D eigenvalue weighted by Gasteiger charge is 2.36. The summed E-state index contributed by atoms with van der Waals surface area (Å²) >= 11 is 0. The van der Waals surface area contributed by atoms with E-state index in [9.17, 15) is 0 Å². The smallest absolute Gasteiger partial charge is 0.164 e. The third-order valence-corrected chi connectivity index (χ3v) is 7.07. The van der Waals surface area contributed by atoms with Crippen molar-refractivity contribution in [1.29, 1.82) is 0 Å². The van der Waals surface area contributed by atoms with Crippen LogP contribution in [0.1, 0.15) is 18.9 Å². The van der Waals surface area contributed by atoms with E-state index < -0.39 is 0 Å².